The zero-order valence-corrected chi connectivity index (χ0v) is 14.5. The van der Waals surface area contributed by atoms with Crippen LogP contribution in [0.2, 0.25) is 0 Å². The van der Waals surface area contributed by atoms with Gasteiger partial charge in [0, 0.05) is 6.54 Å². The van der Waals surface area contributed by atoms with Gasteiger partial charge in [0.25, 0.3) is 0 Å². The molecule has 0 amide bonds. The average molecular weight is 283 g/mol. The maximum Gasteiger partial charge on any atom is 0.0643 e. The lowest BCUT2D eigenvalue weighted by Crippen LogP contribution is -2.34. The van der Waals surface area contributed by atoms with Crippen molar-refractivity contribution in [2.24, 2.45) is 4.99 Å². The van der Waals surface area contributed by atoms with Crippen LogP contribution in [0.3, 0.4) is 0 Å². The minimum atomic E-state index is 0.258. The Morgan fingerprint density at radius 1 is 1.10 bits per heavy atom. The highest BCUT2D eigenvalue weighted by molar-refractivity contribution is 6.08. The van der Waals surface area contributed by atoms with Gasteiger partial charge in [-0.1, -0.05) is 45.9 Å². The fourth-order valence-electron chi connectivity index (χ4n) is 3.32. The summed E-state index contributed by atoms with van der Waals surface area (Å²) in [5, 5.41) is 0. The molecule has 0 saturated heterocycles. The molecule has 0 aromatic heterocycles. The fourth-order valence-corrected chi connectivity index (χ4v) is 3.32. The average Bonchev–Trinajstić information content (AvgIpc) is 2.43. The van der Waals surface area contributed by atoms with Gasteiger partial charge in [0.15, 0.2) is 0 Å². The van der Waals surface area contributed by atoms with Crippen molar-refractivity contribution in [3.63, 3.8) is 0 Å². The van der Waals surface area contributed by atoms with Crippen LogP contribution in [0.15, 0.2) is 35.3 Å². The van der Waals surface area contributed by atoms with E-state index in [4.69, 9.17) is 0 Å². The predicted molar refractivity (Wildman–Crippen MR) is 93.6 cm³/mol. The topological polar surface area (TPSA) is 12.4 Å². The Labute approximate surface area is 130 Å². The van der Waals surface area contributed by atoms with E-state index < -0.39 is 0 Å². The molecule has 1 aliphatic carbocycles. The van der Waals surface area contributed by atoms with Gasteiger partial charge in [-0.05, 0) is 66.4 Å². The number of allylic oxidation sites excluding steroid dienone is 2. The Morgan fingerprint density at radius 2 is 1.71 bits per heavy atom. The molecular formula is C20H29N. The van der Waals surface area contributed by atoms with Crippen molar-refractivity contribution in [2.45, 2.75) is 65.2 Å². The molecule has 0 unspecified atom stereocenters. The molecule has 0 N–H and O–H groups in total. The largest absolute Gasteiger partial charge is 0.285 e. The predicted octanol–water partition coefficient (Wildman–Crippen LogP) is 5.42. The highest BCUT2D eigenvalue weighted by Crippen LogP contribution is 2.45. The van der Waals surface area contributed by atoms with Crippen LogP contribution in [-0.4, -0.2) is 12.3 Å². The first kappa shape index (κ1) is 16.0. The van der Waals surface area contributed by atoms with E-state index in [0.717, 1.165) is 12.3 Å². The highest BCUT2D eigenvalue weighted by atomic mass is 14.7. The minimum absolute atomic E-state index is 0.258. The number of benzene rings is 1. The maximum absolute atomic E-state index is 4.65. The van der Waals surface area contributed by atoms with E-state index in [9.17, 15) is 0 Å². The maximum atomic E-state index is 4.65. The van der Waals surface area contributed by atoms with Crippen LogP contribution in [0.4, 0.5) is 0 Å². The normalized spacial score (nSPS) is 20.6. The summed E-state index contributed by atoms with van der Waals surface area (Å²) >= 11 is 0. The standard InChI is InChI=1S/C20H29N/c1-7-9-18(21-8-2)15-10-11-16-17(14-15)20(5,6)13-12-19(16,3)4/h7,9-11,14H,8,12-13H2,1-6H3/b9-7-,21-18?. The summed E-state index contributed by atoms with van der Waals surface area (Å²) in [5.41, 5.74) is 5.91. The van der Waals surface area contributed by atoms with Crippen LogP contribution in [0.1, 0.15) is 71.1 Å². The molecule has 0 heterocycles. The van der Waals surface area contributed by atoms with Gasteiger partial charge in [-0.15, -0.1) is 0 Å². The summed E-state index contributed by atoms with van der Waals surface area (Å²) in [6.45, 7) is 14.5. The van der Waals surface area contributed by atoms with Crippen LogP contribution >= 0.6 is 0 Å². The molecule has 0 bridgehead atoms. The van der Waals surface area contributed by atoms with Crippen LogP contribution in [0, 0.1) is 0 Å². The summed E-state index contributed by atoms with van der Waals surface area (Å²) in [6.07, 6.45) is 6.70. The molecule has 0 fully saturated rings. The summed E-state index contributed by atoms with van der Waals surface area (Å²) in [6, 6.07) is 6.96. The van der Waals surface area contributed by atoms with Gasteiger partial charge in [-0.3, -0.25) is 4.99 Å². The van der Waals surface area contributed by atoms with Gasteiger partial charge in [-0.25, -0.2) is 0 Å². The Balaban J connectivity index is 2.58. The van der Waals surface area contributed by atoms with Gasteiger partial charge in [0.05, 0.1) is 5.71 Å². The lowest BCUT2D eigenvalue weighted by atomic mass is 9.63. The molecule has 1 heteroatoms. The Kier molecular flexibility index (Phi) is 4.41. The summed E-state index contributed by atoms with van der Waals surface area (Å²) in [7, 11) is 0. The van der Waals surface area contributed by atoms with Crippen molar-refractivity contribution < 1.29 is 0 Å². The van der Waals surface area contributed by atoms with E-state index in [-0.39, 0.29) is 10.8 Å². The van der Waals surface area contributed by atoms with E-state index >= 15 is 0 Å². The van der Waals surface area contributed by atoms with E-state index in [2.05, 4.69) is 76.9 Å². The lowest BCUT2D eigenvalue weighted by molar-refractivity contribution is 0.332. The van der Waals surface area contributed by atoms with Crippen molar-refractivity contribution in [2.75, 3.05) is 6.54 Å². The van der Waals surface area contributed by atoms with Crippen LogP contribution in [0.25, 0.3) is 0 Å². The van der Waals surface area contributed by atoms with Gasteiger partial charge in [0.1, 0.15) is 0 Å². The quantitative estimate of drug-likeness (QED) is 0.657. The van der Waals surface area contributed by atoms with Crippen molar-refractivity contribution >= 4 is 5.71 Å². The first-order chi connectivity index (χ1) is 9.81. The van der Waals surface area contributed by atoms with E-state index in [1.54, 1.807) is 0 Å². The summed E-state index contributed by atoms with van der Waals surface area (Å²) < 4.78 is 0. The molecule has 1 aromatic carbocycles. The first-order valence-corrected chi connectivity index (χ1v) is 8.14. The second kappa shape index (κ2) is 5.79. The Bertz CT molecular complexity index is 574. The van der Waals surface area contributed by atoms with Crippen molar-refractivity contribution in [1.29, 1.82) is 0 Å². The molecule has 21 heavy (non-hydrogen) atoms. The van der Waals surface area contributed by atoms with Gasteiger partial charge in [-0.2, -0.15) is 0 Å². The van der Waals surface area contributed by atoms with Gasteiger partial charge < -0.3 is 0 Å². The number of hydrogen-bond acceptors (Lipinski definition) is 1. The first-order valence-electron chi connectivity index (χ1n) is 8.14. The molecule has 1 aliphatic rings. The van der Waals surface area contributed by atoms with E-state index in [0.29, 0.717) is 0 Å². The number of hydrogen-bond donors (Lipinski definition) is 0. The SMILES string of the molecule is C/C=C\C(=NCC)c1ccc2c(c1)C(C)(C)CCC2(C)C. The molecule has 0 radical (unpaired) electrons. The Morgan fingerprint density at radius 3 is 2.29 bits per heavy atom. The van der Waals surface area contributed by atoms with Gasteiger partial charge >= 0.3 is 0 Å². The number of fused-ring (bicyclic) bond motifs is 1. The van der Waals surface area contributed by atoms with E-state index in [1.165, 1.54) is 29.5 Å². The lowest BCUT2D eigenvalue weighted by Gasteiger charge is -2.42. The smallest absolute Gasteiger partial charge is 0.0643 e. The Hall–Kier alpha value is -1.37. The molecule has 0 atom stereocenters. The second-order valence-electron chi connectivity index (χ2n) is 7.39. The molecule has 114 valence electrons. The third-order valence-electron chi connectivity index (χ3n) is 4.80. The molecular weight excluding hydrogens is 254 g/mol. The molecule has 1 aromatic rings. The number of aliphatic imine (C=N–C) groups is 1. The van der Waals surface area contributed by atoms with E-state index in [1.807, 2.05) is 0 Å². The third-order valence-corrected chi connectivity index (χ3v) is 4.80. The molecule has 0 spiro atoms. The number of nitrogens with zero attached hydrogens (tertiary/aromatic N) is 1. The van der Waals surface area contributed by atoms with Crippen molar-refractivity contribution in [3.8, 4) is 0 Å². The fraction of sp³-hybridized carbons (Fsp3) is 0.550. The second-order valence-corrected chi connectivity index (χ2v) is 7.39. The van der Waals surface area contributed by atoms with Crippen molar-refractivity contribution in [3.05, 3.63) is 47.0 Å². The minimum Gasteiger partial charge on any atom is -0.285 e. The zero-order chi connectivity index (χ0) is 15.7. The van der Waals surface area contributed by atoms with Crippen LogP contribution in [-0.2, 0) is 10.8 Å². The number of rotatable bonds is 3. The monoisotopic (exact) mass is 283 g/mol. The van der Waals surface area contributed by atoms with Crippen molar-refractivity contribution in [1.82, 2.24) is 0 Å². The van der Waals surface area contributed by atoms with Crippen LogP contribution < -0.4 is 0 Å². The molecule has 0 saturated carbocycles. The third kappa shape index (κ3) is 3.12. The molecule has 1 nitrogen and oxygen atoms in total. The van der Waals surface area contributed by atoms with Crippen LogP contribution in [0.5, 0.6) is 0 Å². The van der Waals surface area contributed by atoms with Gasteiger partial charge in [0.2, 0.25) is 0 Å². The summed E-state index contributed by atoms with van der Waals surface area (Å²) in [4.78, 5) is 4.65. The zero-order valence-electron chi connectivity index (χ0n) is 14.5. The molecule has 2 rings (SSSR count). The molecule has 0 aliphatic heterocycles. The highest BCUT2D eigenvalue weighted by Gasteiger charge is 2.36. The summed E-state index contributed by atoms with van der Waals surface area (Å²) in [5.74, 6) is 0.